The van der Waals surface area contributed by atoms with E-state index >= 15 is 0 Å². The number of amides is 1. The number of hydrogen-bond acceptors (Lipinski definition) is 5. The molecule has 0 radical (unpaired) electrons. The van der Waals surface area contributed by atoms with Crippen LogP contribution < -0.4 is 10.5 Å². The van der Waals surface area contributed by atoms with Gasteiger partial charge in [-0.25, -0.2) is 17.9 Å². The van der Waals surface area contributed by atoms with Crippen molar-refractivity contribution in [2.45, 2.75) is 30.8 Å². The van der Waals surface area contributed by atoms with Gasteiger partial charge in [-0.15, -0.1) is 0 Å². The van der Waals surface area contributed by atoms with E-state index in [2.05, 4.69) is 16.8 Å². The second-order valence-electron chi connectivity index (χ2n) is 8.12. The summed E-state index contributed by atoms with van der Waals surface area (Å²) in [6.07, 6.45) is 1.33. The fraction of sp³-hybridized carbons (Fsp3) is 0.348. The first kappa shape index (κ1) is 23.9. The van der Waals surface area contributed by atoms with Crippen LogP contribution in [0.2, 0.25) is 0 Å². The number of primary sulfonamides is 1. The largest absolute Gasteiger partial charge is 0.377 e. The molecule has 7 nitrogen and oxygen atoms in total. The van der Waals surface area contributed by atoms with E-state index in [9.17, 15) is 17.6 Å². The molecule has 2 atom stereocenters. The van der Waals surface area contributed by atoms with Crippen molar-refractivity contribution in [1.29, 1.82) is 0 Å². The Kier molecular flexibility index (Phi) is 7.33. The molecule has 3 N–H and O–H groups in total. The summed E-state index contributed by atoms with van der Waals surface area (Å²) >= 11 is 0. The highest BCUT2D eigenvalue weighted by atomic mass is 32.2. The molecule has 0 spiro atoms. The predicted molar refractivity (Wildman–Crippen MR) is 123 cm³/mol. The molecular formula is C23H29FN4O3S. The molecule has 2 aromatic carbocycles. The van der Waals surface area contributed by atoms with Gasteiger partial charge in [0.05, 0.1) is 10.9 Å². The standard InChI is InChI=1S/C23H29FN4O3S/c1-4-23(29)28-12-11-27(14-17(28)3)15-22(18-6-5-16(2)21(24)13-18)26-19-7-9-20(10-8-19)32(25,30)31/h4-10,13,17,22,26H,1,11-12,14-15H2,2-3H3,(H2,25,30,31)/t17-,22+/m1/s1. The average Bonchev–Trinajstić information content (AvgIpc) is 2.74. The molecule has 2 aromatic rings. The Morgan fingerprint density at radius 3 is 2.53 bits per heavy atom. The Labute approximate surface area is 188 Å². The van der Waals surface area contributed by atoms with Gasteiger partial charge in [0.2, 0.25) is 15.9 Å². The predicted octanol–water partition coefficient (Wildman–Crippen LogP) is 2.65. The van der Waals surface area contributed by atoms with Crippen molar-refractivity contribution in [3.63, 3.8) is 0 Å². The molecule has 3 rings (SSSR count). The Morgan fingerprint density at radius 1 is 1.28 bits per heavy atom. The molecule has 32 heavy (non-hydrogen) atoms. The zero-order valence-electron chi connectivity index (χ0n) is 18.3. The third-order valence-corrected chi connectivity index (χ3v) is 6.66. The number of carbonyl (C=O) groups is 1. The van der Waals surface area contributed by atoms with Gasteiger partial charge in [-0.1, -0.05) is 18.7 Å². The lowest BCUT2D eigenvalue weighted by atomic mass is 10.0. The van der Waals surface area contributed by atoms with Gasteiger partial charge in [-0.2, -0.15) is 0 Å². The highest BCUT2D eigenvalue weighted by molar-refractivity contribution is 7.89. The molecule has 0 aliphatic carbocycles. The molecule has 0 bridgehead atoms. The van der Waals surface area contributed by atoms with Gasteiger partial charge in [-0.05, 0) is 61.4 Å². The summed E-state index contributed by atoms with van der Waals surface area (Å²) in [5.74, 6) is -0.365. The minimum absolute atomic E-state index is 0.0258. The van der Waals surface area contributed by atoms with Crippen molar-refractivity contribution in [2.75, 3.05) is 31.5 Å². The molecule has 0 saturated carbocycles. The van der Waals surface area contributed by atoms with Crippen LogP contribution in [0.1, 0.15) is 24.1 Å². The zero-order valence-corrected chi connectivity index (χ0v) is 19.1. The minimum atomic E-state index is -3.78. The van der Waals surface area contributed by atoms with Crippen LogP contribution in [0.15, 0.2) is 60.0 Å². The SMILES string of the molecule is C=CC(=O)N1CCN(C[C@H](Nc2ccc(S(N)(=O)=O)cc2)c2ccc(C)c(F)c2)C[C@H]1C. The maximum absolute atomic E-state index is 14.3. The van der Waals surface area contributed by atoms with Gasteiger partial charge < -0.3 is 10.2 Å². The number of aryl methyl sites for hydroxylation is 1. The highest BCUT2D eigenvalue weighted by Gasteiger charge is 2.28. The molecule has 172 valence electrons. The van der Waals surface area contributed by atoms with Crippen LogP contribution in [0, 0.1) is 12.7 Å². The molecule has 0 aromatic heterocycles. The lowest BCUT2D eigenvalue weighted by Gasteiger charge is -2.41. The highest BCUT2D eigenvalue weighted by Crippen LogP contribution is 2.25. The van der Waals surface area contributed by atoms with E-state index in [0.29, 0.717) is 37.4 Å². The number of hydrogen-bond donors (Lipinski definition) is 2. The summed E-state index contributed by atoms with van der Waals surface area (Å²) in [5, 5.41) is 8.57. The van der Waals surface area contributed by atoms with Crippen LogP contribution >= 0.6 is 0 Å². The van der Waals surface area contributed by atoms with Gasteiger partial charge in [0.15, 0.2) is 0 Å². The summed E-state index contributed by atoms with van der Waals surface area (Å²) in [7, 11) is -3.78. The Bertz CT molecular complexity index is 1090. The third-order valence-electron chi connectivity index (χ3n) is 5.73. The summed E-state index contributed by atoms with van der Waals surface area (Å²) in [4.78, 5) is 16.1. The number of halogens is 1. The van der Waals surface area contributed by atoms with Gasteiger partial charge in [0, 0.05) is 37.9 Å². The fourth-order valence-corrected chi connectivity index (χ4v) is 4.42. The summed E-state index contributed by atoms with van der Waals surface area (Å²) in [6, 6.07) is 11.1. The van der Waals surface area contributed by atoms with Crippen LogP contribution in [-0.2, 0) is 14.8 Å². The van der Waals surface area contributed by atoms with E-state index in [-0.39, 0.29) is 28.7 Å². The van der Waals surface area contributed by atoms with Crippen LogP contribution in [0.3, 0.4) is 0 Å². The van der Waals surface area contributed by atoms with E-state index in [1.54, 1.807) is 30.0 Å². The lowest BCUT2D eigenvalue weighted by Crippen LogP contribution is -2.54. The average molecular weight is 461 g/mol. The lowest BCUT2D eigenvalue weighted by molar-refractivity contribution is -0.130. The van der Waals surface area contributed by atoms with Gasteiger partial charge in [-0.3, -0.25) is 9.69 Å². The molecule has 9 heteroatoms. The number of piperazine rings is 1. The molecule has 1 fully saturated rings. The third kappa shape index (κ3) is 5.73. The quantitative estimate of drug-likeness (QED) is 0.620. The molecule has 0 unspecified atom stereocenters. The number of sulfonamides is 1. The fourth-order valence-electron chi connectivity index (χ4n) is 3.90. The first-order chi connectivity index (χ1) is 15.1. The van der Waals surface area contributed by atoms with Gasteiger partial charge in [0.1, 0.15) is 5.82 Å². The van der Waals surface area contributed by atoms with Gasteiger partial charge >= 0.3 is 0 Å². The number of nitrogens with one attached hydrogen (secondary N) is 1. The summed E-state index contributed by atoms with van der Waals surface area (Å²) < 4.78 is 37.4. The van der Waals surface area contributed by atoms with Crippen LogP contribution in [0.5, 0.6) is 0 Å². The second kappa shape index (κ2) is 9.81. The van der Waals surface area contributed by atoms with E-state index in [0.717, 1.165) is 5.56 Å². The molecule has 1 amide bonds. The van der Waals surface area contributed by atoms with E-state index < -0.39 is 10.0 Å². The Morgan fingerprint density at radius 2 is 1.97 bits per heavy atom. The maximum atomic E-state index is 14.3. The number of anilines is 1. The molecule has 1 heterocycles. The first-order valence-electron chi connectivity index (χ1n) is 10.4. The van der Waals surface area contributed by atoms with Crippen molar-refractivity contribution in [3.8, 4) is 0 Å². The number of carbonyl (C=O) groups excluding carboxylic acids is 1. The zero-order chi connectivity index (χ0) is 23.5. The monoisotopic (exact) mass is 460 g/mol. The van der Waals surface area contributed by atoms with Crippen molar-refractivity contribution >= 4 is 21.6 Å². The van der Waals surface area contributed by atoms with Crippen molar-refractivity contribution < 1.29 is 17.6 Å². The Hall–Kier alpha value is -2.75. The smallest absolute Gasteiger partial charge is 0.246 e. The molecule has 1 saturated heterocycles. The molecule has 1 aliphatic heterocycles. The van der Waals surface area contributed by atoms with E-state index in [1.807, 2.05) is 13.0 Å². The normalized spacial score (nSPS) is 18.2. The van der Waals surface area contributed by atoms with Gasteiger partial charge in [0.25, 0.3) is 0 Å². The Balaban J connectivity index is 1.81. The van der Waals surface area contributed by atoms with Crippen molar-refractivity contribution in [1.82, 2.24) is 9.80 Å². The molecular weight excluding hydrogens is 431 g/mol. The van der Waals surface area contributed by atoms with Crippen molar-refractivity contribution in [2.24, 2.45) is 5.14 Å². The number of rotatable bonds is 7. The summed E-state index contributed by atoms with van der Waals surface area (Å²) in [6.45, 7) is 9.80. The molecule has 1 aliphatic rings. The maximum Gasteiger partial charge on any atom is 0.246 e. The minimum Gasteiger partial charge on any atom is -0.377 e. The first-order valence-corrected chi connectivity index (χ1v) is 11.9. The van der Waals surface area contributed by atoms with E-state index in [1.165, 1.54) is 24.3 Å². The van der Waals surface area contributed by atoms with Crippen LogP contribution in [-0.4, -0.2) is 56.3 Å². The summed E-state index contributed by atoms with van der Waals surface area (Å²) in [5.41, 5.74) is 2.04. The van der Waals surface area contributed by atoms with E-state index in [4.69, 9.17) is 5.14 Å². The van der Waals surface area contributed by atoms with Crippen molar-refractivity contribution in [3.05, 3.63) is 72.1 Å². The number of nitrogens with two attached hydrogens (primary N) is 1. The topological polar surface area (TPSA) is 95.7 Å². The second-order valence-corrected chi connectivity index (χ2v) is 9.68. The van der Waals surface area contributed by atoms with Crippen LogP contribution in [0.4, 0.5) is 10.1 Å². The van der Waals surface area contributed by atoms with Crippen LogP contribution in [0.25, 0.3) is 0 Å². The number of nitrogens with zero attached hydrogens (tertiary/aromatic N) is 2. The number of benzene rings is 2.